The van der Waals surface area contributed by atoms with Crippen molar-refractivity contribution in [3.05, 3.63) is 29.3 Å². The van der Waals surface area contributed by atoms with Gasteiger partial charge in [0.2, 0.25) is 0 Å². The molecule has 1 N–H and O–H groups in total. The Bertz CT molecular complexity index is 429. The highest BCUT2D eigenvalue weighted by atomic mass is 79.9. The van der Waals surface area contributed by atoms with Crippen LogP contribution in [0.5, 0.6) is 0 Å². The van der Waals surface area contributed by atoms with Crippen LogP contribution in [0.3, 0.4) is 0 Å². The fourth-order valence-electron chi connectivity index (χ4n) is 1.25. The van der Waals surface area contributed by atoms with E-state index in [0.29, 0.717) is 0 Å². The summed E-state index contributed by atoms with van der Waals surface area (Å²) in [5, 5.41) is 8.99. The molecule has 3 nitrogen and oxygen atoms in total. The van der Waals surface area contributed by atoms with E-state index in [2.05, 4.69) is 15.9 Å². The minimum atomic E-state index is -1.08. The number of carboxylic acid groups (broad SMARTS) is 1. The van der Waals surface area contributed by atoms with Crippen LogP contribution >= 0.6 is 27.7 Å². The molecule has 1 atom stereocenters. The second-order valence-electron chi connectivity index (χ2n) is 3.20. The molecule has 5 heteroatoms. The van der Waals surface area contributed by atoms with Crippen molar-refractivity contribution in [2.75, 3.05) is 6.26 Å². The third-order valence-corrected chi connectivity index (χ3v) is 3.23. The fourth-order valence-corrected chi connectivity index (χ4v) is 1.94. The van der Waals surface area contributed by atoms with Crippen molar-refractivity contribution in [1.82, 2.24) is 0 Å². The minimum absolute atomic E-state index is 0.0501. The van der Waals surface area contributed by atoms with Gasteiger partial charge in [-0.3, -0.25) is 4.79 Å². The van der Waals surface area contributed by atoms with Gasteiger partial charge in [-0.05, 0) is 31.4 Å². The Balaban J connectivity index is 3.31. The number of hydrogen-bond acceptors (Lipinski definition) is 3. The van der Waals surface area contributed by atoms with Crippen molar-refractivity contribution in [2.45, 2.75) is 16.6 Å². The first-order valence-corrected chi connectivity index (χ1v) is 6.71. The van der Waals surface area contributed by atoms with Gasteiger partial charge in [-0.1, -0.05) is 15.9 Å². The second-order valence-corrected chi connectivity index (χ2v) is 5.45. The molecule has 0 aliphatic heterocycles. The first kappa shape index (κ1) is 13.3. The highest BCUT2D eigenvalue weighted by molar-refractivity contribution is 9.10. The number of halogens is 1. The monoisotopic (exact) mass is 302 g/mol. The summed E-state index contributed by atoms with van der Waals surface area (Å²) in [5.74, 6) is -1.29. The Kier molecular flexibility index (Phi) is 4.56. The van der Waals surface area contributed by atoms with Crippen LogP contribution in [-0.2, 0) is 0 Å². The highest BCUT2D eigenvalue weighted by Gasteiger charge is 2.20. The van der Waals surface area contributed by atoms with E-state index in [9.17, 15) is 9.59 Å². The van der Waals surface area contributed by atoms with Crippen LogP contribution in [0.1, 0.15) is 27.6 Å². The van der Waals surface area contributed by atoms with Crippen LogP contribution in [0.25, 0.3) is 0 Å². The van der Waals surface area contributed by atoms with Gasteiger partial charge < -0.3 is 5.11 Å². The van der Waals surface area contributed by atoms with Gasteiger partial charge in [-0.2, -0.15) is 0 Å². The Morgan fingerprint density at radius 3 is 2.44 bits per heavy atom. The number of thioether (sulfide) groups is 1. The largest absolute Gasteiger partial charge is 0.478 e. The normalized spacial score (nSPS) is 12.2. The predicted molar refractivity (Wildman–Crippen MR) is 67.9 cm³/mol. The summed E-state index contributed by atoms with van der Waals surface area (Å²) in [6.45, 7) is 1.68. The van der Waals surface area contributed by atoms with Crippen molar-refractivity contribution in [2.24, 2.45) is 0 Å². The van der Waals surface area contributed by atoms with E-state index < -0.39 is 5.97 Å². The van der Waals surface area contributed by atoms with E-state index in [-0.39, 0.29) is 21.7 Å². The lowest BCUT2D eigenvalue weighted by molar-refractivity contribution is 0.0692. The number of Topliss-reactive ketones (excluding diaryl/α,β-unsaturated/α-hetero) is 1. The van der Waals surface area contributed by atoms with Gasteiger partial charge in [0.1, 0.15) is 0 Å². The van der Waals surface area contributed by atoms with Crippen LogP contribution in [0.4, 0.5) is 0 Å². The summed E-state index contributed by atoms with van der Waals surface area (Å²) in [6.07, 6.45) is 1.88. The van der Waals surface area contributed by atoms with Crippen molar-refractivity contribution >= 4 is 39.4 Å². The van der Waals surface area contributed by atoms with Gasteiger partial charge in [0.15, 0.2) is 5.78 Å². The Hall–Kier alpha value is -0.810. The van der Waals surface area contributed by atoms with Gasteiger partial charge in [0, 0.05) is 10.5 Å². The van der Waals surface area contributed by atoms with Gasteiger partial charge in [-0.25, -0.2) is 4.79 Å². The summed E-state index contributed by atoms with van der Waals surface area (Å²) < 4.78 is 0. The van der Waals surface area contributed by atoms with Crippen LogP contribution in [0.2, 0.25) is 0 Å². The molecule has 0 aromatic heterocycles. The maximum atomic E-state index is 11.8. The molecule has 0 fully saturated rings. The molecular weight excluding hydrogens is 292 g/mol. The predicted octanol–water partition coefficient (Wildman–Crippen LogP) is 3.07. The zero-order valence-corrected chi connectivity index (χ0v) is 11.3. The molecule has 0 radical (unpaired) electrons. The number of ketones is 1. The molecule has 0 saturated heterocycles. The molecule has 0 amide bonds. The molecule has 0 aliphatic rings. The van der Waals surface area contributed by atoms with E-state index in [4.69, 9.17) is 5.11 Å². The van der Waals surface area contributed by atoms with Crippen molar-refractivity contribution in [3.63, 3.8) is 0 Å². The molecule has 1 aromatic carbocycles. The molecule has 0 heterocycles. The maximum Gasteiger partial charge on any atom is 0.336 e. The molecule has 86 valence electrons. The first-order chi connectivity index (χ1) is 7.47. The van der Waals surface area contributed by atoms with Crippen LogP contribution < -0.4 is 0 Å². The third-order valence-electron chi connectivity index (χ3n) is 2.08. The maximum absolute atomic E-state index is 11.8. The SMILES string of the molecule is CSc1ccc(C(=O)O)c(C(=O)C(C)Br)c1. The molecule has 1 rings (SSSR count). The Morgan fingerprint density at radius 1 is 1.38 bits per heavy atom. The lowest BCUT2D eigenvalue weighted by atomic mass is 10.0. The molecule has 0 bridgehead atoms. The number of carboxylic acids is 1. The lowest BCUT2D eigenvalue weighted by Crippen LogP contribution is -2.15. The number of carbonyl (C=O) groups excluding carboxylic acids is 1. The molecular formula is C11H11BrO3S. The molecule has 1 unspecified atom stereocenters. The van der Waals surface area contributed by atoms with E-state index in [1.165, 1.54) is 17.8 Å². The zero-order chi connectivity index (χ0) is 12.3. The van der Waals surface area contributed by atoms with Gasteiger partial charge in [0.05, 0.1) is 10.4 Å². The van der Waals surface area contributed by atoms with E-state index >= 15 is 0 Å². The molecule has 1 aromatic rings. The fraction of sp³-hybridized carbons (Fsp3) is 0.273. The van der Waals surface area contributed by atoms with Gasteiger partial charge >= 0.3 is 5.97 Å². The summed E-state index contributed by atoms with van der Waals surface area (Å²) in [4.78, 5) is 23.3. The lowest BCUT2D eigenvalue weighted by Gasteiger charge is -2.08. The quantitative estimate of drug-likeness (QED) is 0.527. The summed E-state index contributed by atoms with van der Waals surface area (Å²) in [7, 11) is 0. The summed E-state index contributed by atoms with van der Waals surface area (Å²) in [6, 6.07) is 4.79. The van der Waals surface area contributed by atoms with Crippen molar-refractivity contribution in [3.8, 4) is 0 Å². The number of hydrogen-bond donors (Lipinski definition) is 1. The van der Waals surface area contributed by atoms with Crippen molar-refractivity contribution in [1.29, 1.82) is 0 Å². The molecule has 0 saturated carbocycles. The number of carbonyl (C=O) groups is 2. The average Bonchev–Trinajstić information content (AvgIpc) is 2.26. The van der Waals surface area contributed by atoms with Gasteiger partial charge in [-0.15, -0.1) is 11.8 Å². The summed E-state index contributed by atoms with van der Waals surface area (Å²) >= 11 is 4.63. The number of rotatable bonds is 4. The average molecular weight is 303 g/mol. The minimum Gasteiger partial charge on any atom is -0.478 e. The molecule has 0 spiro atoms. The smallest absolute Gasteiger partial charge is 0.336 e. The second kappa shape index (κ2) is 5.50. The van der Waals surface area contributed by atoms with Gasteiger partial charge in [0.25, 0.3) is 0 Å². The first-order valence-electron chi connectivity index (χ1n) is 4.57. The Morgan fingerprint density at radius 2 is 2.00 bits per heavy atom. The van der Waals surface area contributed by atoms with Crippen LogP contribution in [0.15, 0.2) is 23.1 Å². The van der Waals surface area contributed by atoms with Crippen molar-refractivity contribution < 1.29 is 14.7 Å². The highest BCUT2D eigenvalue weighted by Crippen LogP contribution is 2.22. The molecule has 0 aliphatic carbocycles. The van der Waals surface area contributed by atoms with E-state index in [1.807, 2.05) is 6.26 Å². The van der Waals surface area contributed by atoms with Crippen LogP contribution in [0, 0.1) is 0 Å². The third kappa shape index (κ3) is 2.86. The molecule has 16 heavy (non-hydrogen) atoms. The topological polar surface area (TPSA) is 54.4 Å². The number of alkyl halides is 1. The van der Waals surface area contributed by atoms with E-state index in [1.54, 1.807) is 19.1 Å². The van der Waals surface area contributed by atoms with E-state index in [0.717, 1.165) is 4.90 Å². The summed E-state index contributed by atoms with van der Waals surface area (Å²) in [5.41, 5.74) is 0.304. The Labute approximate surface area is 106 Å². The number of aromatic carboxylic acids is 1. The number of benzene rings is 1. The zero-order valence-electron chi connectivity index (χ0n) is 8.86. The standard InChI is InChI=1S/C11H11BrO3S/c1-6(12)10(13)9-5-7(16-2)3-4-8(9)11(14)15/h3-6H,1-2H3,(H,14,15). The van der Waals surface area contributed by atoms with Crippen LogP contribution in [-0.4, -0.2) is 27.9 Å².